The molecule has 1 atom stereocenters. The van der Waals surface area contributed by atoms with E-state index in [1.54, 1.807) is 10.4 Å². The molecule has 21 heavy (non-hydrogen) atoms. The molecule has 120 valence electrons. The van der Waals surface area contributed by atoms with Gasteiger partial charge in [-0.25, -0.2) is 8.42 Å². The fourth-order valence-electron chi connectivity index (χ4n) is 2.73. The molecule has 1 aromatic heterocycles. The lowest BCUT2D eigenvalue weighted by Crippen LogP contribution is -2.43. The smallest absolute Gasteiger partial charge is 0.252 e. The van der Waals surface area contributed by atoms with Crippen molar-refractivity contribution in [3.05, 3.63) is 16.5 Å². The Morgan fingerprint density at radius 2 is 2.14 bits per heavy atom. The molecule has 0 amide bonds. The lowest BCUT2D eigenvalue weighted by atomic mass is 10.2. The standard InChI is InChI=1S/C14H23ClN2O2S2/c1-4-12-10-16(3)6-5-7-17(12)21(18,19)14-8-11(2)13(9-15)20-14/h8,12H,4-7,9-10H2,1-3H3. The van der Waals surface area contributed by atoms with E-state index in [4.69, 9.17) is 11.6 Å². The summed E-state index contributed by atoms with van der Waals surface area (Å²) >= 11 is 7.18. The summed E-state index contributed by atoms with van der Waals surface area (Å²) in [5.41, 5.74) is 0.966. The number of likely N-dealkylation sites (N-methyl/N-ethyl adjacent to an activating group) is 1. The van der Waals surface area contributed by atoms with Gasteiger partial charge in [0.1, 0.15) is 4.21 Å². The van der Waals surface area contributed by atoms with E-state index in [0.29, 0.717) is 16.6 Å². The van der Waals surface area contributed by atoms with E-state index in [0.717, 1.165) is 36.4 Å². The van der Waals surface area contributed by atoms with Crippen molar-refractivity contribution >= 4 is 33.0 Å². The van der Waals surface area contributed by atoms with Crippen molar-refractivity contribution < 1.29 is 8.42 Å². The van der Waals surface area contributed by atoms with Crippen LogP contribution in [0.1, 0.15) is 30.2 Å². The van der Waals surface area contributed by atoms with Crippen LogP contribution in [0, 0.1) is 6.92 Å². The van der Waals surface area contributed by atoms with Crippen LogP contribution in [0.15, 0.2) is 10.3 Å². The van der Waals surface area contributed by atoms with Gasteiger partial charge in [0.05, 0.1) is 5.88 Å². The number of halogens is 1. The summed E-state index contributed by atoms with van der Waals surface area (Å²) in [6, 6.07) is 1.81. The number of thiophene rings is 1. The van der Waals surface area contributed by atoms with Crippen LogP contribution in [0.2, 0.25) is 0 Å². The molecule has 1 saturated heterocycles. The van der Waals surface area contributed by atoms with Crippen LogP contribution >= 0.6 is 22.9 Å². The molecule has 2 rings (SSSR count). The minimum Gasteiger partial charge on any atom is -0.305 e. The van der Waals surface area contributed by atoms with Crippen molar-refractivity contribution in [3.8, 4) is 0 Å². The summed E-state index contributed by atoms with van der Waals surface area (Å²) < 4.78 is 28.1. The second-order valence-electron chi connectivity index (χ2n) is 5.60. The fraction of sp³-hybridized carbons (Fsp3) is 0.714. The maximum Gasteiger partial charge on any atom is 0.252 e. The molecule has 0 aromatic carbocycles. The topological polar surface area (TPSA) is 40.6 Å². The number of hydrogen-bond donors (Lipinski definition) is 0. The molecular weight excluding hydrogens is 328 g/mol. The van der Waals surface area contributed by atoms with Crippen molar-refractivity contribution in [2.24, 2.45) is 0 Å². The Hall–Kier alpha value is -0.140. The average molecular weight is 351 g/mol. The highest BCUT2D eigenvalue weighted by Crippen LogP contribution is 2.31. The summed E-state index contributed by atoms with van der Waals surface area (Å²) in [6.45, 7) is 6.30. The minimum atomic E-state index is -3.42. The normalized spacial score (nSPS) is 22.4. The van der Waals surface area contributed by atoms with Crippen molar-refractivity contribution in [3.63, 3.8) is 0 Å². The van der Waals surface area contributed by atoms with Crippen molar-refractivity contribution in [2.45, 2.75) is 42.8 Å². The van der Waals surface area contributed by atoms with Gasteiger partial charge in [-0.05, 0) is 45.0 Å². The Morgan fingerprint density at radius 3 is 2.71 bits per heavy atom. The molecule has 0 saturated carbocycles. The summed E-state index contributed by atoms with van der Waals surface area (Å²) in [6.07, 6.45) is 1.70. The van der Waals surface area contributed by atoms with Gasteiger partial charge in [0.2, 0.25) is 0 Å². The van der Waals surface area contributed by atoms with Gasteiger partial charge in [-0.15, -0.1) is 22.9 Å². The minimum absolute atomic E-state index is 0.0457. The van der Waals surface area contributed by atoms with Crippen LogP contribution in [0.4, 0.5) is 0 Å². The largest absolute Gasteiger partial charge is 0.305 e. The summed E-state index contributed by atoms with van der Waals surface area (Å²) in [7, 11) is -1.36. The molecule has 0 aliphatic carbocycles. The molecule has 2 heterocycles. The first-order valence-electron chi connectivity index (χ1n) is 7.25. The zero-order valence-electron chi connectivity index (χ0n) is 12.8. The van der Waals surface area contributed by atoms with Crippen molar-refractivity contribution in [2.75, 3.05) is 26.7 Å². The van der Waals surface area contributed by atoms with E-state index in [1.165, 1.54) is 11.3 Å². The average Bonchev–Trinajstić information content (AvgIpc) is 2.71. The SMILES string of the molecule is CCC1CN(C)CCCN1S(=O)(=O)c1cc(C)c(CCl)s1. The van der Waals surface area contributed by atoms with Gasteiger partial charge in [0.25, 0.3) is 10.0 Å². The molecule has 1 aliphatic rings. The van der Waals surface area contributed by atoms with Gasteiger partial charge >= 0.3 is 0 Å². The van der Waals surface area contributed by atoms with E-state index in [9.17, 15) is 8.42 Å². The second kappa shape index (κ2) is 6.96. The highest BCUT2D eigenvalue weighted by atomic mass is 35.5. The van der Waals surface area contributed by atoms with Crippen LogP contribution in [-0.2, 0) is 15.9 Å². The highest BCUT2D eigenvalue weighted by Gasteiger charge is 2.34. The maximum absolute atomic E-state index is 13.0. The van der Waals surface area contributed by atoms with Gasteiger partial charge in [-0.3, -0.25) is 0 Å². The first-order valence-corrected chi connectivity index (χ1v) is 10.0. The predicted molar refractivity (Wildman–Crippen MR) is 88.7 cm³/mol. The third-order valence-corrected chi connectivity index (χ3v) is 8.07. The first kappa shape index (κ1) is 17.2. The maximum atomic E-state index is 13.0. The first-order chi connectivity index (χ1) is 9.90. The highest BCUT2D eigenvalue weighted by molar-refractivity contribution is 7.91. The van der Waals surface area contributed by atoms with E-state index < -0.39 is 10.0 Å². The summed E-state index contributed by atoms with van der Waals surface area (Å²) in [5, 5.41) is 0. The number of aryl methyl sites for hydroxylation is 1. The molecule has 1 aliphatic heterocycles. The zero-order chi connectivity index (χ0) is 15.6. The fourth-order valence-corrected chi connectivity index (χ4v) is 6.41. The summed E-state index contributed by atoms with van der Waals surface area (Å²) in [4.78, 5) is 3.16. The number of sulfonamides is 1. The molecule has 0 N–H and O–H groups in total. The van der Waals surface area contributed by atoms with Gasteiger partial charge in [-0.2, -0.15) is 4.31 Å². The third kappa shape index (κ3) is 3.62. The van der Waals surface area contributed by atoms with E-state index in [1.807, 2.05) is 6.92 Å². The van der Waals surface area contributed by atoms with E-state index in [-0.39, 0.29) is 6.04 Å². The Labute approximate surface area is 136 Å². The molecular formula is C14H23ClN2O2S2. The lowest BCUT2D eigenvalue weighted by Gasteiger charge is -2.28. The van der Waals surface area contributed by atoms with E-state index >= 15 is 0 Å². The van der Waals surface area contributed by atoms with Gasteiger partial charge in [-0.1, -0.05) is 6.92 Å². The number of nitrogens with zero attached hydrogens (tertiary/aromatic N) is 2. The Morgan fingerprint density at radius 1 is 1.43 bits per heavy atom. The second-order valence-corrected chi connectivity index (χ2v) is 9.12. The number of alkyl halides is 1. The van der Waals surface area contributed by atoms with Crippen molar-refractivity contribution in [1.82, 2.24) is 9.21 Å². The molecule has 7 heteroatoms. The zero-order valence-corrected chi connectivity index (χ0v) is 15.2. The summed E-state index contributed by atoms with van der Waals surface area (Å²) in [5.74, 6) is 0.367. The number of hydrogen-bond acceptors (Lipinski definition) is 4. The molecule has 1 aromatic rings. The van der Waals surface area contributed by atoms with Crippen molar-refractivity contribution in [1.29, 1.82) is 0 Å². The van der Waals surface area contributed by atoms with E-state index in [2.05, 4.69) is 18.9 Å². The molecule has 0 radical (unpaired) electrons. The monoisotopic (exact) mass is 350 g/mol. The lowest BCUT2D eigenvalue weighted by molar-refractivity contribution is 0.270. The quantitative estimate of drug-likeness (QED) is 0.784. The van der Waals surface area contributed by atoms with Crippen LogP contribution in [0.25, 0.3) is 0 Å². The van der Waals surface area contributed by atoms with Crippen LogP contribution in [0.3, 0.4) is 0 Å². The molecule has 1 unspecified atom stereocenters. The predicted octanol–water partition coefficient (Wildman–Crippen LogP) is 2.90. The number of rotatable bonds is 4. The molecule has 4 nitrogen and oxygen atoms in total. The Kier molecular flexibility index (Phi) is 5.71. The molecule has 0 bridgehead atoms. The van der Waals surface area contributed by atoms with Gasteiger partial charge < -0.3 is 4.90 Å². The molecule has 0 spiro atoms. The third-order valence-electron chi connectivity index (χ3n) is 4.00. The van der Waals surface area contributed by atoms with Crippen LogP contribution < -0.4 is 0 Å². The van der Waals surface area contributed by atoms with Crippen LogP contribution in [0.5, 0.6) is 0 Å². The van der Waals surface area contributed by atoms with Gasteiger partial charge in [0, 0.05) is 24.0 Å². The van der Waals surface area contributed by atoms with Gasteiger partial charge in [0.15, 0.2) is 0 Å². The Balaban J connectivity index is 2.35. The molecule has 1 fully saturated rings. The Bertz CT molecular complexity index is 586. The van der Waals surface area contributed by atoms with Crippen LogP contribution in [-0.4, -0.2) is 50.3 Å².